The summed E-state index contributed by atoms with van der Waals surface area (Å²) in [5.41, 5.74) is 0.727. The number of carboxylic acid groups (broad SMARTS) is 1. The summed E-state index contributed by atoms with van der Waals surface area (Å²) in [5.74, 6) is -2.62. The smallest absolute Gasteiger partial charge is 0.312 e. The van der Waals surface area contributed by atoms with Crippen molar-refractivity contribution in [1.29, 1.82) is 0 Å². The molecule has 0 aliphatic heterocycles. The van der Waals surface area contributed by atoms with Crippen molar-refractivity contribution in [3.05, 3.63) is 70.5 Å². The van der Waals surface area contributed by atoms with Crippen LogP contribution in [0.15, 0.2) is 48.5 Å². The van der Waals surface area contributed by atoms with E-state index in [2.05, 4.69) is 5.32 Å². The van der Waals surface area contributed by atoms with E-state index in [0.29, 0.717) is 10.6 Å². The van der Waals surface area contributed by atoms with Gasteiger partial charge >= 0.3 is 5.97 Å². The van der Waals surface area contributed by atoms with Crippen molar-refractivity contribution in [3.63, 3.8) is 0 Å². The Hall–Kier alpha value is -2.40. The van der Waals surface area contributed by atoms with E-state index in [1.807, 2.05) is 12.1 Å². The van der Waals surface area contributed by atoms with Crippen molar-refractivity contribution in [3.8, 4) is 0 Å². The molecule has 1 fully saturated rings. The Balaban J connectivity index is 1.70. The molecule has 2 aromatic carbocycles. The van der Waals surface area contributed by atoms with E-state index in [1.54, 1.807) is 12.1 Å². The van der Waals surface area contributed by atoms with Crippen LogP contribution in [0.4, 0.5) is 4.39 Å². The predicted octanol–water partition coefficient (Wildman–Crippen LogP) is 3.50. The Morgan fingerprint density at radius 2 is 1.72 bits per heavy atom. The van der Waals surface area contributed by atoms with Crippen LogP contribution in [0.2, 0.25) is 5.02 Å². The van der Waals surface area contributed by atoms with Gasteiger partial charge in [0.1, 0.15) is 5.82 Å². The lowest BCUT2D eigenvalue weighted by atomic mass is 9.94. The summed E-state index contributed by atoms with van der Waals surface area (Å²) < 4.78 is 13.0. The third kappa shape index (κ3) is 3.66. The molecule has 0 spiro atoms. The first-order valence-electron chi connectivity index (χ1n) is 7.95. The third-order valence-corrected chi connectivity index (χ3v) is 4.87. The van der Waals surface area contributed by atoms with E-state index >= 15 is 0 Å². The first kappa shape index (κ1) is 17.4. The van der Waals surface area contributed by atoms with Gasteiger partial charge in [0.2, 0.25) is 5.91 Å². The van der Waals surface area contributed by atoms with Crippen LogP contribution in [-0.4, -0.2) is 23.5 Å². The van der Waals surface area contributed by atoms with Crippen LogP contribution in [0.3, 0.4) is 0 Å². The summed E-state index contributed by atoms with van der Waals surface area (Å²) >= 11 is 5.89. The highest BCUT2D eigenvalue weighted by Gasteiger charge is 2.51. The van der Waals surface area contributed by atoms with Gasteiger partial charge in [-0.05, 0) is 48.2 Å². The molecule has 1 atom stereocenters. The van der Waals surface area contributed by atoms with Gasteiger partial charge in [0.25, 0.3) is 0 Å². The molecule has 2 N–H and O–H groups in total. The molecule has 0 saturated heterocycles. The maximum Gasteiger partial charge on any atom is 0.312 e. The van der Waals surface area contributed by atoms with E-state index in [1.165, 1.54) is 24.3 Å². The van der Waals surface area contributed by atoms with Gasteiger partial charge in [-0.3, -0.25) is 9.59 Å². The van der Waals surface area contributed by atoms with Gasteiger partial charge < -0.3 is 10.4 Å². The minimum absolute atomic E-state index is 0.0465. The lowest BCUT2D eigenvalue weighted by Gasteiger charge is -2.19. The molecule has 25 heavy (non-hydrogen) atoms. The Morgan fingerprint density at radius 3 is 2.24 bits per heavy atom. The molecule has 1 saturated carbocycles. The van der Waals surface area contributed by atoms with Gasteiger partial charge in [0, 0.05) is 11.6 Å². The molecule has 1 aliphatic carbocycles. The second-order valence-corrected chi connectivity index (χ2v) is 6.68. The Labute approximate surface area is 149 Å². The van der Waals surface area contributed by atoms with E-state index in [9.17, 15) is 19.1 Å². The topological polar surface area (TPSA) is 66.4 Å². The number of rotatable bonds is 6. The van der Waals surface area contributed by atoms with Crippen LogP contribution in [0.5, 0.6) is 0 Å². The standard InChI is InChI=1S/C19H17ClFNO3/c20-14-5-3-13(4-6-14)19(9-10-19)18(25)22-11-16(17(23)24)12-1-7-15(21)8-2-12/h1-8,16H,9-11H2,(H,22,25)(H,23,24). The lowest BCUT2D eigenvalue weighted by Crippen LogP contribution is -2.38. The summed E-state index contributed by atoms with van der Waals surface area (Å²) in [6.45, 7) is -0.0465. The van der Waals surface area contributed by atoms with Gasteiger partial charge in [0.05, 0.1) is 11.3 Å². The molecule has 130 valence electrons. The van der Waals surface area contributed by atoms with Gasteiger partial charge in [0.15, 0.2) is 0 Å². The second kappa shape index (κ2) is 6.84. The fourth-order valence-electron chi connectivity index (χ4n) is 2.95. The van der Waals surface area contributed by atoms with Crippen LogP contribution in [-0.2, 0) is 15.0 Å². The lowest BCUT2D eigenvalue weighted by molar-refractivity contribution is -0.138. The van der Waals surface area contributed by atoms with Gasteiger partial charge in [-0.15, -0.1) is 0 Å². The van der Waals surface area contributed by atoms with Gasteiger partial charge in [-0.2, -0.15) is 0 Å². The number of hydrogen-bond acceptors (Lipinski definition) is 2. The normalized spacial score (nSPS) is 16.1. The Morgan fingerprint density at radius 1 is 1.12 bits per heavy atom. The number of carbonyl (C=O) groups excluding carboxylic acids is 1. The average Bonchev–Trinajstić information content (AvgIpc) is 3.39. The molecular weight excluding hydrogens is 345 g/mol. The predicted molar refractivity (Wildman–Crippen MR) is 92.2 cm³/mol. The van der Waals surface area contributed by atoms with Crippen LogP contribution < -0.4 is 5.32 Å². The van der Waals surface area contributed by atoms with E-state index in [4.69, 9.17) is 11.6 Å². The maximum absolute atomic E-state index is 13.0. The van der Waals surface area contributed by atoms with Crippen LogP contribution in [0.25, 0.3) is 0 Å². The largest absolute Gasteiger partial charge is 0.481 e. The zero-order chi connectivity index (χ0) is 18.0. The molecular formula is C19H17ClFNO3. The average molecular weight is 362 g/mol. The Bertz CT molecular complexity index is 785. The van der Waals surface area contributed by atoms with Crippen LogP contribution in [0.1, 0.15) is 29.9 Å². The van der Waals surface area contributed by atoms with E-state index in [-0.39, 0.29) is 12.5 Å². The number of halogens is 2. The number of carbonyl (C=O) groups is 2. The molecule has 4 nitrogen and oxygen atoms in total. The quantitative estimate of drug-likeness (QED) is 0.827. The molecule has 0 aromatic heterocycles. The summed E-state index contributed by atoms with van der Waals surface area (Å²) in [6, 6.07) is 12.4. The number of aliphatic carboxylic acids is 1. The zero-order valence-corrected chi connectivity index (χ0v) is 14.1. The number of benzene rings is 2. The molecule has 0 bridgehead atoms. The SMILES string of the molecule is O=C(O)C(CNC(=O)C1(c2ccc(Cl)cc2)CC1)c1ccc(F)cc1. The molecule has 6 heteroatoms. The third-order valence-electron chi connectivity index (χ3n) is 4.62. The van der Waals surface area contributed by atoms with Crippen LogP contribution >= 0.6 is 11.6 Å². The number of hydrogen-bond donors (Lipinski definition) is 2. The highest BCUT2D eigenvalue weighted by atomic mass is 35.5. The van der Waals surface area contributed by atoms with Gasteiger partial charge in [-0.1, -0.05) is 35.9 Å². The van der Waals surface area contributed by atoms with Gasteiger partial charge in [-0.25, -0.2) is 4.39 Å². The van der Waals surface area contributed by atoms with Crippen molar-refractivity contribution in [2.75, 3.05) is 6.54 Å². The molecule has 0 radical (unpaired) electrons. The molecule has 1 aliphatic rings. The van der Waals surface area contributed by atoms with Crippen molar-refractivity contribution in [2.45, 2.75) is 24.2 Å². The molecule has 2 aromatic rings. The van der Waals surface area contributed by atoms with Crippen molar-refractivity contribution < 1.29 is 19.1 Å². The molecule has 3 rings (SSSR count). The van der Waals surface area contributed by atoms with Crippen molar-refractivity contribution in [2.24, 2.45) is 0 Å². The monoisotopic (exact) mass is 361 g/mol. The summed E-state index contributed by atoms with van der Waals surface area (Å²) in [4.78, 5) is 24.1. The number of carboxylic acids is 1. The second-order valence-electron chi connectivity index (χ2n) is 6.24. The Kier molecular flexibility index (Phi) is 4.77. The summed E-state index contributed by atoms with van der Waals surface area (Å²) in [5, 5.41) is 12.8. The molecule has 1 unspecified atom stereocenters. The maximum atomic E-state index is 13.0. The van der Waals surface area contributed by atoms with Crippen molar-refractivity contribution >= 4 is 23.5 Å². The fraction of sp³-hybridized carbons (Fsp3) is 0.263. The number of amides is 1. The van der Waals surface area contributed by atoms with E-state index in [0.717, 1.165) is 18.4 Å². The first-order chi connectivity index (χ1) is 11.9. The van der Waals surface area contributed by atoms with Crippen molar-refractivity contribution in [1.82, 2.24) is 5.32 Å². The van der Waals surface area contributed by atoms with Crippen LogP contribution in [0, 0.1) is 5.82 Å². The molecule has 0 heterocycles. The molecule has 1 amide bonds. The zero-order valence-electron chi connectivity index (χ0n) is 13.3. The minimum Gasteiger partial charge on any atom is -0.481 e. The number of nitrogens with one attached hydrogen (secondary N) is 1. The summed E-state index contributed by atoms with van der Waals surface area (Å²) in [7, 11) is 0. The minimum atomic E-state index is -1.07. The first-order valence-corrected chi connectivity index (χ1v) is 8.33. The van der Waals surface area contributed by atoms with E-state index < -0.39 is 23.1 Å². The highest BCUT2D eigenvalue weighted by molar-refractivity contribution is 6.30. The fourth-order valence-corrected chi connectivity index (χ4v) is 3.07. The summed E-state index contributed by atoms with van der Waals surface area (Å²) in [6.07, 6.45) is 1.43. The highest BCUT2D eigenvalue weighted by Crippen LogP contribution is 2.48.